The molecule has 1 aliphatic heterocycles. The largest absolute Gasteiger partial charge is 0.335 e. The van der Waals surface area contributed by atoms with Crippen molar-refractivity contribution in [1.82, 2.24) is 15.1 Å². The van der Waals surface area contributed by atoms with Gasteiger partial charge in [0.15, 0.2) is 5.82 Å². The van der Waals surface area contributed by atoms with Gasteiger partial charge in [0, 0.05) is 30.8 Å². The summed E-state index contributed by atoms with van der Waals surface area (Å²) >= 11 is 0. The third kappa shape index (κ3) is 4.31. The first-order valence-electron chi connectivity index (χ1n) is 10.1. The summed E-state index contributed by atoms with van der Waals surface area (Å²) < 4.78 is 0. The van der Waals surface area contributed by atoms with E-state index < -0.39 is 0 Å². The number of amides is 2. The monoisotopic (exact) mass is 390 g/mol. The van der Waals surface area contributed by atoms with Gasteiger partial charge in [-0.1, -0.05) is 36.9 Å². The Hall–Kier alpha value is -3.15. The average Bonchev–Trinajstić information content (AvgIpc) is 3.52. The maximum atomic E-state index is 12.6. The molecule has 150 valence electrons. The van der Waals surface area contributed by atoms with Crippen LogP contribution >= 0.6 is 0 Å². The number of H-pyrrole nitrogens is 1. The third-order valence-electron chi connectivity index (χ3n) is 5.68. The maximum absolute atomic E-state index is 12.6. The summed E-state index contributed by atoms with van der Waals surface area (Å²) in [6.45, 7) is 6.77. The molecule has 0 radical (unpaired) electrons. The Balaban J connectivity index is 1.40. The fraction of sp³-hybridized carbons (Fsp3) is 0.348. The van der Waals surface area contributed by atoms with Crippen molar-refractivity contribution in [2.75, 3.05) is 18.4 Å². The molecule has 6 nitrogen and oxygen atoms in total. The molecule has 0 saturated heterocycles. The maximum Gasteiger partial charge on any atom is 0.246 e. The number of carbonyl (C=O) groups excluding carboxylic acids is 2. The smallest absolute Gasteiger partial charge is 0.246 e. The number of aromatic amines is 1. The van der Waals surface area contributed by atoms with Gasteiger partial charge in [0.1, 0.15) is 0 Å². The molecule has 2 heterocycles. The van der Waals surface area contributed by atoms with Gasteiger partial charge in [-0.2, -0.15) is 5.10 Å². The van der Waals surface area contributed by atoms with Crippen LogP contribution in [0.15, 0.2) is 49.1 Å². The zero-order valence-corrected chi connectivity index (χ0v) is 16.6. The van der Waals surface area contributed by atoms with Crippen LogP contribution in [-0.2, 0) is 9.59 Å². The topological polar surface area (TPSA) is 78.1 Å². The molecule has 29 heavy (non-hydrogen) atoms. The minimum Gasteiger partial charge on any atom is -0.335 e. The lowest BCUT2D eigenvalue weighted by Gasteiger charge is -2.26. The molecule has 2 amide bonds. The van der Waals surface area contributed by atoms with Gasteiger partial charge in [-0.3, -0.25) is 14.7 Å². The second-order valence-electron chi connectivity index (χ2n) is 7.80. The van der Waals surface area contributed by atoms with Crippen molar-refractivity contribution in [3.05, 3.63) is 65.9 Å². The van der Waals surface area contributed by atoms with Crippen LogP contribution in [0.3, 0.4) is 0 Å². The second-order valence-corrected chi connectivity index (χ2v) is 7.80. The Labute approximate surface area is 170 Å². The number of benzene rings is 1. The van der Waals surface area contributed by atoms with Crippen molar-refractivity contribution in [3.8, 4) is 0 Å². The van der Waals surface area contributed by atoms with Crippen LogP contribution in [0.2, 0.25) is 0 Å². The molecule has 1 aromatic carbocycles. The molecule has 6 heteroatoms. The molecular weight excluding hydrogens is 364 g/mol. The number of hydrogen-bond donors (Lipinski definition) is 2. The summed E-state index contributed by atoms with van der Waals surface area (Å²) in [5, 5.41) is 10.1. The lowest BCUT2D eigenvalue weighted by atomic mass is 9.95. The van der Waals surface area contributed by atoms with E-state index >= 15 is 0 Å². The Bertz CT molecular complexity index is 954. The van der Waals surface area contributed by atoms with E-state index in [4.69, 9.17) is 0 Å². The summed E-state index contributed by atoms with van der Waals surface area (Å²) in [5.74, 6) is 0.751. The molecule has 1 aromatic heterocycles. The van der Waals surface area contributed by atoms with Crippen molar-refractivity contribution in [1.29, 1.82) is 0 Å². The van der Waals surface area contributed by atoms with Crippen LogP contribution in [0.5, 0.6) is 0 Å². The minimum atomic E-state index is -0.288. The van der Waals surface area contributed by atoms with Gasteiger partial charge in [0.2, 0.25) is 11.8 Å². The predicted molar refractivity (Wildman–Crippen MR) is 113 cm³/mol. The molecule has 4 rings (SSSR count). The van der Waals surface area contributed by atoms with Crippen molar-refractivity contribution in [3.63, 3.8) is 0 Å². The van der Waals surface area contributed by atoms with Gasteiger partial charge in [-0.15, -0.1) is 0 Å². The van der Waals surface area contributed by atoms with Crippen molar-refractivity contribution in [2.24, 2.45) is 0 Å². The quantitative estimate of drug-likeness (QED) is 0.736. The molecular formula is C23H26N4O2. The predicted octanol–water partition coefficient (Wildman–Crippen LogP) is 3.83. The van der Waals surface area contributed by atoms with E-state index in [-0.39, 0.29) is 17.7 Å². The summed E-state index contributed by atoms with van der Waals surface area (Å²) in [6.07, 6.45) is 6.75. The molecule has 2 aliphatic rings. The Kier molecular flexibility index (Phi) is 5.34. The van der Waals surface area contributed by atoms with Gasteiger partial charge in [-0.05, 0) is 49.0 Å². The highest BCUT2D eigenvalue weighted by molar-refractivity contribution is 5.95. The Morgan fingerprint density at radius 1 is 1.31 bits per heavy atom. The van der Waals surface area contributed by atoms with Gasteiger partial charge in [0.05, 0.1) is 5.92 Å². The zero-order chi connectivity index (χ0) is 20.4. The molecule has 2 aromatic rings. The van der Waals surface area contributed by atoms with E-state index in [1.165, 1.54) is 18.9 Å². The summed E-state index contributed by atoms with van der Waals surface area (Å²) in [6, 6.07) is 9.93. The number of aromatic nitrogens is 2. The van der Waals surface area contributed by atoms with Crippen LogP contribution in [0.25, 0.3) is 5.57 Å². The number of nitrogens with one attached hydrogen (secondary N) is 2. The second kappa shape index (κ2) is 8.07. The van der Waals surface area contributed by atoms with Gasteiger partial charge in [-0.25, -0.2) is 0 Å². The number of anilines is 1. The molecule has 2 N–H and O–H groups in total. The lowest BCUT2D eigenvalue weighted by molar-refractivity contribution is -0.125. The van der Waals surface area contributed by atoms with E-state index in [1.807, 2.05) is 37.3 Å². The highest BCUT2D eigenvalue weighted by Crippen LogP contribution is 2.39. The first-order valence-corrected chi connectivity index (χ1v) is 10.1. The Morgan fingerprint density at radius 2 is 2.07 bits per heavy atom. The summed E-state index contributed by atoms with van der Waals surface area (Å²) in [5.41, 5.74) is 4.24. The van der Waals surface area contributed by atoms with Crippen molar-refractivity contribution in [2.45, 2.75) is 38.0 Å². The fourth-order valence-corrected chi connectivity index (χ4v) is 3.65. The third-order valence-corrected chi connectivity index (χ3v) is 5.68. The SMILES string of the molecule is C=CC(=O)N1CCC=C(c2ccc(C(C)C(=O)Nc3cc(C4CC4)[nH]n3)cc2)C1. The van der Waals surface area contributed by atoms with Gasteiger partial charge in [0.25, 0.3) is 0 Å². The molecule has 1 fully saturated rings. The summed E-state index contributed by atoms with van der Waals surface area (Å²) in [7, 11) is 0. The van der Waals surface area contributed by atoms with E-state index in [1.54, 1.807) is 4.90 Å². The molecule has 1 atom stereocenters. The van der Waals surface area contributed by atoms with Crippen molar-refractivity contribution >= 4 is 23.2 Å². The average molecular weight is 390 g/mol. The Morgan fingerprint density at radius 3 is 2.76 bits per heavy atom. The summed E-state index contributed by atoms with van der Waals surface area (Å²) in [4.78, 5) is 26.3. The first kappa shape index (κ1) is 19.2. The zero-order valence-electron chi connectivity index (χ0n) is 16.6. The minimum absolute atomic E-state index is 0.0410. The highest BCUT2D eigenvalue weighted by atomic mass is 16.2. The van der Waals surface area contributed by atoms with E-state index in [0.717, 1.165) is 35.4 Å². The molecule has 0 bridgehead atoms. The van der Waals surface area contributed by atoms with Crippen LogP contribution in [-0.4, -0.2) is 40.0 Å². The van der Waals surface area contributed by atoms with E-state index in [9.17, 15) is 9.59 Å². The van der Waals surface area contributed by atoms with Crippen LogP contribution in [0, 0.1) is 0 Å². The molecule has 1 unspecified atom stereocenters. The van der Waals surface area contributed by atoms with Crippen molar-refractivity contribution < 1.29 is 9.59 Å². The van der Waals surface area contributed by atoms with E-state index in [0.29, 0.717) is 18.3 Å². The molecule has 0 spiro atoms. The standard InChI is InChI=1S/C23H26N4O2/c1-3-22(28)27-12-4-5-19(14-27)17-8-6-16(7-9-17)15(2)23(29)24-21-13-20(25-26-21)18-10-11-18/h3,5-9,13,15,18H,1,4,10-12,14H2,2H3,(H2,24,25,26,29). The normalized spacial score (nSPS) is 17.4. The highest BCUT2D eigenvalue weighted by Gasteiger charge is 2.26. The van der Waals surface area contributed by atoms with Crippen LogP contribution < -0.4 is 5.32 Å². The number of hydrogen-bond acceptors (Lipinski definition) is 3. The number of carbonyl (C=O) groups is 2. The molecule has 1 aliphatic carbocycles. The molecule has 1 saturated carbocycles. The fourth-order valence-electron chi connectivity index (χ4n) is 3.65. The van der Waals surface area contributed by atoms with Crippen LogP contribution in [0.4, 0.5) is 5.82 Å². The number of rotatable bonds is 6. The first-order chi connectivity index (χ1) is 14.0. The lowest BCUT2D eigenvalue weighted by Crippen LogP contribution is -2.34. The van der Waals surface area contributed by atoms with Gasteiger partial charge < -0.3 is 10.2 Å². The van der Waals surface area contributed by atoms with Gasteiger partial charge >= 0.3 is 0 Å². The van der Waals surface area contributed by atoms with Crippen LogP contribution in [0.1, 0.15) is 54.8 Å². The number of nitrogens with zero attached hydrogens (tertiary/aromatic N) is 2. The van der Waals surface area contributed by atoms with E-state index in [2.05, 4.69) is 28.2 Å².